The molecule has 1 atom stereocenters. The Hall–Kier alpha value is -2.44. The van der Waals surface area contributed by atoms with E-state index in [-0.39, 0.29) is 11.9 Å². The Balaban J connectivity index is 1.60. The van der Waals surface area contributed by atoms with Gasteiger partial charge in [0.15, 0.2) is 0 Å². The highest BCUT2D eigenvalue weighted by Gasteiger charge is 2.29. The van der Waals surface area contributed by atoms with Gasteiger partial charge in [0.1, 0.15) is 12.1 Å². The number of likely N-dealkylation sites (tertiary alicyclic amines) is 1. The van der Waals surface area contributed by atoms with Gasteiger partial charge in [0.05, 0.1) is 13.2 Å². The molecule has 0 radical (unpaired) electrons. The average molecular weight is 315 g/mol. The van der Waals surface area contributed by atoms with E-state index in [0.717, 1.165) is 37.1 Å². The predicted molar refractivity (Wildman–Crippen MR) is 83.7 cm³/mol. The standard InChI is InChI=1S/C16H21N5O2/c1-23-14-6-2-5-13(11-14)15-7-3-10-21(15)16(22)8-4-9-20-12-17-18-19-20/h2,5-6,11-12,15H,3-4,7-10H2,1H3/t15-/m1/s1. The fourth-order valence-corrected chi connectivity index (χ4v) is 3.08. The van der Waals surface area contributed by atoms with E-state index in [1.807, 2.05) is 23.1 Å². The Kier molecular flexibility index (Phi) is 4.85. The Labute approximate surface area is 135 Å². The van der Waals surface area contributed by atoms with E-state index in [1.54, 1.807) is 18.1 Å². The molecule has 23 heavy (non-hydrogen) atoms. The molecule has 0 saturated carbocycles. The van der Waals surface area contributed by atoms with Crippen molar-refractivity contribution >= 4 is 5.91 Å². The van der Waals surface area contributed by atoms with E-state index in [1.165, 1.54) is 0 Å². The van der Waals surface area contributed by atoms with Gasteiger partial charge in [-0.15, -0.1) is 5.10 Å². The van der Waals surface area contributed by atoms with Crippen molar-refractivity contribution in [3.05, 3.63) is 36.2 Å². The second kappa shape index (κ2) is 7.21. The number of carbonyl (C=O) groups excluding carboxylic acids is 1. The highest BCUT2D eigenvalue weighted by Crippen LogP contribution is 2.33. The van der Waals surface area contributed by atoms with E-state index < -0.39 is 0 Å². The number of amides is 1. The molecule has 2 heterocycles. The first-order valence-corrected chi connectivity index (χ1v) is 7.92. The van der Waals surface area contributed by atoms with Crippen LogP contribution in [0.2, 0.25) is 0 Å². The molecular formula is C16H21N5O2. The van der Waals surface area contributed by atoms with Crippen molar-refractivity contribution < 1.29 is 9.53 Å². The largest absolute Gasteiger partial charge is 0.497 e. The van der Waals surface area contributed by atoms with Gasteiger partial charge in [-0.1, -0.05) is 12.1 Å². The summed E-state index contributed by atoms with van der Waals surface area (Å²) in [6.45, 7) is 1.49. The summed E-state index contributed by atoms with van der Waals surface area (Å²) < 4.78 is 6.94. The summed E-state index contributed by atoms with van der Waals surface area (Å²) in [5, 5.41) is 11.0. The van der Waals surface area contributed by atoms with Crippen LogP contribution in [0.5, 0.6) is 5.75 Å². The number of carbonyl (C=O) groups is 1. The van der Waals surface area contributed by atoms with E-state index in [0.29, 0.717) is 13.0 Å². The minimum absolute atomic E-state index is 0.158. The number of hydrogen-bond donors (Lipinski definition) is 0. The fraction of sp³-hybridized carbons (Fsp3) is 0.500. The number of aromatic nitrogens is 4. The van der Waals surface area contributed by atoms with E-state index in [9.17, 15) is 4.79 Å². The van der Waals surface area contributed by atoms with Gasteiger partial charge in [-0.3, -0.25) is 4.79 Å². The lowest BCUT2D eigenvalue weighted by Gasteiger charge is -2.25. The minimum atomic E-state index is 0.158. The van der Waals surface area contributed by atoms with E-state index in [2.05, 4.69) is 21.6 Å². The molecule has 1 fully saturated rings. The third-order valence-corrected chi connectivity index (χ3v) is 4.22. The Morgan fingerprint density at radius 2 is 2.35 bits per heavy atom. The molecule has 122 valence electrons. The van der Waals surface area contributed by atoms with Crippen LogP contribution >= 0.6 is 0 Å². The number of benzene rings is 1. The number of tetrazole rings is 1. The second-order valence-corrected chi connectivity index (χ2v) is 5.70. The van der Waals surface area contributed by atoms with Gasteiger partial charge < -0.3 is 9.64 Å². The molecule has 0 aliphatic carbocycles. The van der Waals surface area contributed by atoms with Gasteiger partial charge in [0.25, 0.3) is 0 Å². The van der Waals surface area contributed by atoms with Crippen LogP contribution in [0.3, 0.4) is 0 Å². The lowest BCUT2D eigenvalue weighted by Crippen LogP contribution is -2.30. The molecule has 1 aliphatic heterocycles. The van der Waals surface area contributed by atoms with Crippen LogP contribution in [0.1, 0.15) is 37.3 Å². The van der Waals surface area contributed by atoms with Crippen LogP contribution in [0.25, 0.3) is 0 Å². The molecule has 7 nitrogen and oxygen atoms in total. The van der Waals surface area contributed by atoms with Gasteiger partial charge in [-0.05, 0) is 47.4 Å². The van der Waals surface area contributed by atoms with Crippen LogP contribution in [0, 0.1) is 0 Å². The van der Waals surface area contributed by atoms with Crippen molar-refractivity contribution in [1.29, 1.82) is 0 Å². The molecule has 0 N–H and O–H groups in total. The maximum Gasteiger partial charge on any atom is 0.223 e. The SMILES string of the molecule is COc1cccc([C@H]2CCCN2C(=O)CCCn2cnnn2)c1. The van der Waals surface area contributed by atoms with Crippen molar-refractivity contribution in [3.8, 4) is 5.75 Å². The van der Waals surface area contributed by atoms with Crippen LogP contribution in [-0.4, -0.2) is 44.7 Å². The molecule has 1 aliphatic rings. The Morgan fingerprint density at radius 1 is 1.43 bits per heavy atom. The van der Waals surface area contributed by atoms with Crippen LogP contribution in [0.15, 0.2) is 30.6 Å². The first-order chi connectivity index (χ1) is 11.3. The zero-order valence-electron chi connectivity index (χ0n) is 13.3. The van der Waals surface area contributed by atoms with Crippen molar-refractivity contribution in [2.75, 3.05) is 13.7 Å². The molecule has 2 aromatic rings. The lowest BCUT2D eigenvalue weighted by molar-refractivity contribution is -0.132. The maximum absolute atomic E-state index is 12.5. The zero-order valence-corrected chi connectivity index (χ0v) is 13.3. The normalized spacial score (nSPS) is 17.4. The van der Waals surface area contributed by atoms with Gasteiger partial charge >= 0.3 is 0 Å². The van der Waals surface area contributed by atoms with Crippen molar-refractivity contribution in [1.82, 2.24) is 25.1 Å². The Morgan fingerprint density at radius 3 is 3.13 bits per heavy atom. The summed E-state index contributed by atoms with van der Waals surface area (Å²) in [5.41, 5.74) is 1.15. The van der Waals surface area contributed by atoms with Gasteiger partial charge in [0, 0.05) is 19.5 Å². The number of methoxy groups -OCH3 is 1. The van der Waals surface area contributed by atoms with Crippen LogP contribution in [-0.2, 0) is 11.3 Å². The molecule has 0 bridgehead atoms. The number of rotatable bonds is 6. The quantitative estimate of drug-likeness (QED) is 0.813. The van der Waals surface area contributed by atoms with Crippen molar-refractivity contribution in [3.63, 3.8) is 0 Å². The summed E-state index contributed by atoms with van der Waals surface area (Å²) in [6.07, 6.45) is 4.87. The monoisotopic (exact) mass is 315 g/mol. The predicted octanol–water partition coefficient (Wildman–Crippen LogP) is 1.83. The number of nitrogens with zero attached hydrogens (tertiary/aromatic N) is 5. The average Bonchev–Trinajstić information content (AvgIpc) is 3.26. The summed E-state index contributed by atoms with van der Waals surface area (Å²) >= 11 is 0. The molecule has 0 unspecified atom stereocenters. The lowest BCUT2D eigenvalue weighted by atomic mass is 10.0. The summed E-state index contributed by atoms with van der Waals surface area (Å²) in [5.74, 6) is 1.03. The molecule has 0 spiro atoms. The highest BCUT2D eigenvalue weighted by atomic mass is 16.5. The number of aryl methyl sites for hydroxylation is 1. The third kappa shape index (κ3) is 3.67. The van der Waals surface area contributed by atoms with E-state index in [4.69, 9.17) is 4.74 Å². The molecule has 1 amide bonds. The number of ether oxygens (including phenoxy) is 1. The smallest absolute Gasteiger partial charge is 0.223 e. The topological polar surface area (TPSA) is 73.1 Å². The molecule has 1 saturated heterocycles. The van der Waals surface area contributed by atoms with Gasteiger partial charge in [-0.25, -0.2) is 4.68 Å². The van der Waals surface area contributed by atoms with Crippen LogP contribution in [0.4, 0.5) is 0 Å². The maximum atomic E-state index is 12.5. The summed E-state index contributed by atoms with van der Waals surface area (Å²) in [7, 11) is 1.66. The van der Waals surface area contributed by atoms with Crippen molar-refractivity contribution in [2.45, 2.75) is 38.3 Å². The van der Waals surface area contributed by atoms with Gasteiger partial charge in [-0.2, -0.15) is 0 Å². The first kappa shape index (κ1) is 15.5. The molecule has 1 aromatic carbocycles. The zero-order chi connectivity index (χ0) is 16.1. The second-order valence-electron chi connectivity index (χ2n) is 5.70. The highest BCUT2D eigenvalue weighted by molar-refractivity contribution is 5.77. The molecule has 7 heteroatoms. The first-order valence-electron chi connectivity index (χ1n) is 7.92. The molecular weight excluding hydrogens is 294 g/mol. The summed E-state index contributed by atoms with van der Waals surface area (Å²) in [6, 6.07) is 8.16. The number of hydrogen-bond acceptors (Lipinski definition) is 5. The molecule has 1 aromatic heterocycles. The van der Waals surface area contributed by atoms with Crippen LogP contribution < -0.4 is 4.74 Å². The third-order valence-electron chi connectivity index (χ3n) is 4.22. The Bertz CT molecular complexity index is 644. The van der Waals surface area contributed by atoms with E-state index >= 15 is 0 Å². The summed E-state index contributed by atoms with van der Waals surface area (Å²) in [4.78, 5) is 14.5. The molecule has 3 rings (SSSR count). The van der Waals surface area contributed by atoms with Gasteiger partial charge in [0.2, 0.25) is 5.91 Å². The fourth-order valence-electron chi connectivity index (χ4n) is 3.08. The van der Waals surface area contributed by atoms with Crippen molar-refractivity contribution in [2.24, 2.45) is 0 Å². The minimum Gasteiger partial charge on any atom is -0.497 e.